The van der Waals surface area contributed by atoms with Gasteiger partial charge in [-0.15, -0.1) is 0 Å². The molecule has 1 nitrogen and oxygen atoms in total. The number of para-hydroxylation sites is 1. The first-order valence-electron chi connectivity index (χ1n) is 18.6. The van der Waals surface area contributed by atoms with Gasteiger partial charge in [0.1, 0.15) is 11.2 Å². The van der Waals surface area contributed by atoms with Crippen LogP contribution in [0.5, 0.6) is 0 Å². The van der Waals surface area contributed by atoms with E-state index in [1.54, 1.807) is 0 Å². The Morgan fingerprint density at radius 3 is 1.91 bits per heavy atom. The zero-order valence-corrected chi connectivity index (χ0v) is 30.0. The molecule has 9 aromatic carbocycles. The maximum Gasteiger partial charge on any atom is 0.143 e. The van der Waals surface area contributed by atoms with Crippen LogP contribution in [0, 0.1) is 6.92 Å². The Bertz CT molecular complexity index is 3150. The van der Waals surface area contributed by atoms with Crippen LogP contribution in [0.2, 0.25) is 0 Å². The van der Waals surface area contributed by atoms with Crippen LogP contribution >= 0.6 is 0 Å². The molecule has 1 aromatic heterocycles. The quantitative estimate of drug-likeness (QED) is 0.170. The molecule has 53 heavy (non-hydrogen) atoms. The van der Waals surface area contributed by atoms with Gasteiger partial charge in [-0.1, -0.05) is 165 Å². The second-order valence-corrected chi connectivity index (χ2v) is 15.3. The molecule has 250 valence electrons. The van der Waals surface area contributed by atoms with Gasteiger partial charge in [0.05, 0.1) is 0 Å². The van der Waals surface area contributed by atoms with Crippen molar-refractivity contribution in [2.24, 2.45) is 0 Å². The zero-order valence-electron chi connectivity index (χ0n) is 30.0. The standard InChI is InChI=1S/C52H36O/c1-31-22-25-42-45(28-31)49(40-16-6-7-17-41(40)50(42)39-19-10-13-32-12-4-5-14-35(32)39)34-23-26-38-43-20-11-18-36(51(43)53-48(38)30-34)33-24-27-47-44(29-33)37-15-8-9-21-46(37)52(47,2)3/h4-30H,1-3H3. The molecular weight excluding hydrogens is 641 g/mol. The smallest absolute Gasteiger partial charge is 0.143 e. The first-order valence-corrected chi connectivity index (χ1v) is 18.6. The Hall–Kier alpha value is -6.44. The van der Waals surface area contributed by atoms with E-state index in [4.69, 9.17) is 4.42 Å². The van der Waals surface area contributed by atoms with Crippen molar-refractivity contribution in [3.8, 4) is 44.5 Å². The Balaban J connectivity index is 1.13. The van der Waals surface area contributed by atoms with Gasteiger partial charge in [-0.05, 0) is 108 Å². The molecule has 0 radical (unpaired) electrons. The van der Waals surface area contributed by atoms with E-state index in [0.717, 1.165) is 33.1 Å². The van der Waals surface area contributed by atoms with Gasteiger partial charge in [0, 0.05) is 21.8 Å². The Morgan fingerprint density at radius 2 is 1.02 bits per heavy atom. The van der Waals surface area contributed by atoms with Crippen molar-refractivity contribution in [3.05, 3.63) is 180 Å². The SMILES string of the molecule is Cc1ccc2c(-c3cccc4ccccc34)c3ccccc3c(-c3ccc4c(c3)oc3c(-c5ccc6c(c5)-c5ccccc5C6(C)C)cccc34)c2c1. The second-order valence-electron chi connectivity index (χ2n) is 15.3. The van der Waals surface area contributed by atoms with E-state index in [2.05, 4.69) is 185 Å². The lowest BCUT2D eigenvalue weighted by Crippen LogP contribution is -2.14. The topological polar surface area (TPSA) is 13.1 Å². The van der Waals surface area contributed by atoms with E-state index >= 15 is 0 Å². The molecule has 0 spiro atoms. The largest absolute Gasteiger partial charge is 0.455 e. The summed E-state index contributed by atoms with van der Waals surface area (Å²) in [4.78, 5) is 0. The number of benzene rings is 9. The number of aryl methyl sites for hydroxylation is 1. The predicted octanol–water partition coefficient (Wildman–Crippen LogP) is 14.7. The third kappa shape index (κ3) is 4.31. The van der Waals surface area contributed by atoms with Crippen LogP contribution < -0.4 is 0 Å². The number of hydrogen-bond acceptors (Lipinski definition) is 1. The Morgan fingerprint density at radius 1 is 0.396 bits per heavy atom. The molecular formula is C52H36O. The summed E-state index contributed by atoms with van der Waals surface area (Å²) in [6, 6.07) is 60.4. The number of furan rings is 1. The van der Waals surface area contributed by atoms with Gasteiger partial charge in [-0.2, -0.15) is 0 Å². The Labute approximate surface area is 308 Å². The Kier molecular flexibility index (Phi) is 6.29. The molecule has 1 heterocycles. The molecule has 0 saturated carbocycles. The summed E-state index contributed by atoms with van der Waals surface area (Å²) in [5, 5.41) is 9.80. The minimum atomic E-state index is -0.0216. The van der Waals surface area contributed by atoms with Crippen molar-refractivity contribution in [1.82, 2.24) is 0 Å². The highest BCUT2D eigenvalue weighted by Crippen LogP contribution is 2.51. The third-order valence-electron chi connectivity index (χ3n) is 11.9. The molecule has 1 aliphatic carbocycles. The summed E-state index contributed by atoms with van der Waals surface area (Å²) >= 11 is 0. The van der Waals surface area contributed by atoms with Crippen molar-refractivity contribution < 1.29 is 4.42 Å². The first-order chi connectivity index (χ1) is 26.0. The summed E-state index contributed by atoms with van der Waals surface area (Å²) in [6.07, 6.45) is 0. The summed E-state index contributed by atoms with van der Waals surface area (Å²) in [7, 11) is 0. The van der Waals surface area contributed by atoms with Crippen molar-refractivity contribution in [1.29, 1.82) is 0 Å². The monoisotopic (exact) mass is 676 g/mol. The molecule has 10 aromatic rings. The fourth-order valence-electron chi connectivity index (χ4n) is 9.41. The van der Waals surface area contributed by atoms with Gasteiger partial charge in [0.25, 0.3) is 0 Å². The van der Waals surface area contributed by atoms with Crippen molar-refractivity contribution in [2.45, 2.75) is 26.2 Å². The number of hydrogen-bond donors (Lipinski definition) is 0. The van der Waals surface area contributed by atoms with Crippen LogP contribution in [0.4, 0.5) is 0 Å². The van der Waals surface area contributed by atoms with Crippen LogP contribution in [0.3, 0.4) is 0 Å². The van der Waals surface area contributed by atoms with E-state index < -0.39 is 0 Å². The van der Waals surface area contributed by atoms with Crippen LogP contribution in [0.1, 0.15) is 30.5 Å². The predicted molar refractivity (Wildman–Crippen MR) is 225 cm³/mol. The maximum atomic E-state index is 6.92. The number of rotatable bonds is 3. The van der Waals surface area contributed by atoms with Crippen LogP contribution in [-0.2, 0) is 5.41 Å². The molecule has 0 bridgehead atoms. The van der Waals surface area contributed by atoms with Gasteiger partial charge in [-0.3, -0.25) is 0 Å². The summed E-state index contributed by atoms with van der Waals surface area (Å²) in [6.45, 7) is 6.86. The average Bonchev–Trinajstić information content (AvgIpc) is 3.68. The highest BCUT2D eigenvalue weighted by molar-refractivity contribution is 6.24. The van der Waals surface area contributed by atoms with E-state index in [1.165, 1.54) is 82.4 Å². The second kappa shape index (κ2) is 11.0. The molecule has 0 saturated heterocycles. The normalized spacial score (nSPS) is 13.3. The minimum absolute atomic E-state index is 0.0216. The lowest BCUT2D eigenvalue weighted by atomic mass is 9.82. The average molecular weight is 677 g/mol. The molecule has 0 aliphatic heterocycles. The molecule has 11 rings (SSSR count). The third-order valence-corrected chi connectivity index (χ3v) is 11.9. The maximum absolute atomic E-state index is 6.92. The first kappa shape index (κ1) is 30.2. The van der Waals surface area contributed by atoms with Gasteiger partial charge < -0.3 is 4.42 Å². The van der Waals surface area contributed by atoms with Crippen molar-refractivity contribution in [2.75, 3.05) is 0 Å². The lowest BCUT2D eigenvalue weighted by Gasteiger charge is -2.21. The van der Waals surface area contributed by atoms with Gasteiger partial charge >= 0.3 is 0 Å². The van der Waals surface area contributed by atoms with Gasteiger partial charge in [0.15, 0.2) is 0 Å². The minimum Gasteiger partial charge on any atom is -0.455 e. The van der Waals surface area contributed by atoms with Crippen LogP contribution in [0.25, 0.3) is 98.8 Å². The molecule has 0 N–H and O–H groups in total. The zero-order chi connectivity index (χ0) is 35.4. The fraction of sp³-hybridized carbons (Fsp3) is 0.0769. The van der Waals surface area contributed by atoms with Gasteiger partial charge in [-0.25, -0.2) is 0 Å². The van der Waals surface area contributed by atoms with Crippen LogP contribution in [-0.4, -0.2) is 0 Å². The van der Waals surface area contributed by atoms with Crippen molar-refractivity contribution >= 4 is 54.3 Å². The molecule has 0 amide bonds. The number of fused-ring (bicyclic) bond motifs is 9. The summed E-state index contributed by atoms with van der Waals surface area (Å²) in [5.41, 5.74) is 15.7. The van der Waals surface area contributed by atoms with Gasteiger partial charge in [0.2, 0.25) is 0 Å². The molecule has 1 heteroatoms. The van der Waals surface area contributed by atoms with Crippen LogP contribution in [0.15, 0.2) is 168 Å². The highest BCUT2D eigenvalue weighted by Gasteiger charge is 2.35. The summed E-state index contributed by atoms with van der Waals surface area (Å²) in [5.74, 6) is 0. The van der Waals surface area contributed by atoms with Crippen molar-refractivity contribution in [3.63, 3.8) is 0 Å². The highest BCUT2D eigenvalue weighted by atomic mass is 16.3. The fourth-order valence-corrected chi connectivity index (χ4v) is 9.41. The van der Waals surface area contributed by atoms with E-state index in [1.807, 2.05) is 0 Å². The summed E-state index contributed by atoms with van der Waals surface area (Å²) < 4.78 is 6.92. The molecule has 0 atom stereocenters. The van der Waals surface area contributed by atoms with E-state index in [9.17, 15) is 0 Å². The molecule has 0 unspecified atom stereocenters. The molecule has 1 aliphatic rings. The lowest BCUT2D eigenvalue weighted by molar-refractivity contribution is 0.660. The van der Waals surface area contributed by atoms with E-state index in [-0.39, 0.29) is 5.41 Å². The van der Waals surface area contributed by atoms with E-state index in [0.29, 0.717) is 0 Å². The molecule has 0 fully saturated rings.